The highest BCUT2D eigenvalue weighted by Crippen LogP contribution is 2.32. The summed E-state index contributed by atoms with van der Waals surface area (Å²) in [7, 11) is 0. The highest BCUT2D eigenvalue weighted by atomic mass is 16.5. The molecule has 2 aliphatic heterocycles. The number of fused-ring (bicyclic) bond motifs is 2. The second-order valence-electron chi connectivity index (χ2n) is 7.48. The zero-order chi connectivity index (χ0) is 22.7. The number of ether oxygens (including phenoxy) is 3. The van der Waals surface area contributed by atoms with Crippen LogP contribution in [0.25, 0.3) is 0 Å². The normalized spacial score (nSPS) is 14.6. The summed E-state index contributed by atoms with van der Waals surface area (Å²) in [6.07, 6.45) is 0.564. The Kier molecular flexibility index (Phi) is 6.07. The molecule has 9 heteroatoms. The van der Waals surface area contributed by atoms with Crippen molar-refractivity contribution in [1.29, 1.82) is 0 Å². The fraction of sp³-hybridized carbons (Fsp3) is 0.304. The SMILES string of the molecule is Cc1ccc2c(c1)C(=O)N(CCC(=O)OCC(=O)Nc1ccc3c(c1)OCCCO3)C2=O. The summed E-state index contributed by atoms with van der Waals surface area (Å²) >= 11 is 0. The maximum atomic E-state index is 12.4. The molecule has 166 valence electrons. The van der Waals surface area contributed by atoms with Crippen molar-refractivity contribution in [1.82, 2.24) is 4.90 Å². The Bertz CT molecular complexity index is 1100. The molecule has 2 aromatic carbocycles. The van der Waals surface area contributed by atoms with Crippen molar-refractivity contribution in [2.75, 3.05) is 31.7 Å². The van der Waals surface area contributed by atoms with Gasteiger partial charge in [-0.2, -0.15) is 0 Å². The monoisotopic (exact) mass is 438 g/mol. The van der Waals surface area contributed by atoms with Crippen molar-refractivity contribution in [3.8, 4) is 11.5 Å². The van der Waals surface area contributed by atoms with E-state index >= 15 is 0 Å². The fourth-order valence-corrected chi connectivity index (χ4v) is 3.47. The Morgan fingerprint density at radius 3 is 2.56 bits per heavy atom. The first-order valence-electron chi connectivity index (χ1n) is 10.2. The van der Waals surface area contributed by atoms with Crippen LogP contribution in [0.1, 0.15) is 39.1 Å². The predicted molar refractivity (Wildman–Crippen MR) is 113 cm³/mol. The molecule has 0 atom stereocenters. The van der Waals surface area contributed by atoms with E-state index in [0.29, 0.717) is 41.5 Å². The Hall–Kier alpha value is -3.88. The molecule has 0 unspecified atom stereocenters. The van der Waals surface area contributed by atoms with E-state index in [4.69, 9.17) is 14.2 Å². The molecule has 0 aromatic heterocycles. The molecule has 0 saturated heterocycles. The number of hydrogen-bond donors (Lipinski definition) is 1. The third kappa shape index (κ3) is 4.56. The van der Waals surface area contributed by atoms with Crippen molar-refractivity contribution in [2.24, 2.45) is 0 Å². The Labute approximate surface area is 184 Å². The lowest BCUT2D eigenvalue weighted by Crippen LogP contribution is -2.32. The third-order valence-electron chi connectivity index (χ3n) is 5.06. The van der Waals surface area contributed by atoms with E-state index in [1.54, 1.807) is 36.4 Å². The molecule has 0 fully saturated rings. The second kappa shape index (κ2) is 9.09. The molecular weight excluding hydrogens is 416 g/mol. The van der Waals surface area contributed by atoms with Crippen LogP contribution in [-0.2, 0) is 14.3 Å². The largest absolute Gasteiger partial charge is 0.490 e. The van der Waals surface area contributed by atoms with E-state index in [9.17, 15) is 19.2 Å². The van der Waals surface area contributed by atoms with Crippen molar-refractivity contribution in [3.63, 3.8) is 0 Å². The van der Waals surface area contributed by atoms with E-state index in [-0.39, 0.29) is 13.0 Å². The van der Waals surface area contributed by atoms with Gasteiger partial charge in [-0.3, -0.25) is 24.1 Å². The van der Waals surface area contributed by atoms with Crippen molar-refractivity contribution in [2.45, 2.75) is 19.8 Å². The predicted octanol–water partition coefficient (Wildman–Crippen LogP) is 2.32. The number of carbonyl (C=O) groups is 4. The number of anilines is 1. The topological polar surface area (TPSA) is 111 Å². The number of nitrogens with zero attached hydrogens (tertiary/aromatic N) is 1. The van der Waals surface area contributed by atoms with Gasteiger partial charge in [-0.15, -0.1) is 0 Å². The minimum atomic E-state index is -0.688. The summed E-state index contributed by atoms with van der Waals surface area (Å²) in [4.78, 5) is 50.0. The van der Waals surface area contributed by atoms with Crippen molar-refractivity contribution >= 4 is 29.4 Å². The molecule has 0 bridgehead atoms. The lowest BCUT2D eigenvalue weighted by molar-refractivity contribution is -0.147. The third-order valence-corrected chi connectivity index (χ3v) is 5.06. The van der Waals surface area contributed by atoms with Gasteiger partial charge in [0.1, 0.15) is 0 Å². The van der Waals surface area contributed by atoms with Gasteiger partial charge in [0.05, 0.1) is 30.8 Å². The van der Waals surface area contributed by atoms with Gasteiger partial charge in [0, 0.05) is 24.7 Å². The number of amides is 3. The molecule has 32 heavy (non-hydrogen) atoms. The van der Waals surface area contributed by atoms with Crippen molar-refractivity contribution in [3.05, 3.63) is 53.1 Å². The number of rotatable bonds is 6. The number of esters is 1. The number of hydrogen-bond acceptors (Lipinski definition) is 7. The molecule has 1 N–H and O–H groups in total. The van der Waals surface area contributed by atoms with Gasteiger partial charge < -0.3 is 19.5 Å². The first-order chi connectivity index (χ1) is 15.4. The van der Waals surface area contributed by atoms with Crippen LogP contribution in [0.2, 0.25) is 0 Å². The highest BCUT2D eigenvalue weighted by Gasteiger charge is 2.35. The molecule has 0 radical (unpaired) electrons. The second-order valence-corrected chi connectivity index (χ2v) is 7.48. The summed E-state index contributed by atoms with van der Waals surface area (Å²) in [5.74, 6) is -0.946. The van der Waals surface area contributed by atoms with Gasteiger partial charge >= 0.3 is 5.97 Å². The maximum absolute atomic E-state index is 12.4. The molecule has 0 aliphatic carbocycles. The molecule has 0 saturated carbocycles. The van der Waals surface area contributed by atoms with Crippen LogP contribution in [-0.4, -0.2) is 55.0 Å². The maximum Gasteiger partial charge on any atom is 0.308 e. The van der Waals surface area contributed by atoms with Crippen LogP contribution >= 0.6 is 0 Å². The Morgan fingerprint density at radius 1 is 1.00 bits per heavy atom. The molecule has 0 spiro atoms. The van der Waals surface area contributed by atoms with E-state index < -0.39 is 30.3 Å². The van der Waals surface area contributed by atoms with Crippen LogP contribution in [0.5, 0.6) is 11.5 Å². The van der Waals surface area contributed by atoms with Gasteiger partial charge in [0.15, 0.2) is 18.1 Å². The van der Waals surface area contributed by atoms with Gasteiger partial charge in [-0.1, -0.05) is 11.6 Å². The first kappa shape index (κ1) is 21.4. The van der Waals surface area contributed by atoms with Gasteiger partial charge in [-0.25, -0.2) is 0 Å². The molecule has 3 amide bonds. The summed E-state index contributed by atoms with van der Waals surface area (Å²) < 4.78 is 16.1. The Balaban J connectivity index is 1.25. The van der Waals surface area contributed by atoms with Crippen LogP contribution in [0.4, 0.5) is 5.69 Å². The quantitative estimate of drug-likeness (QED) is 0.544. The summed E-state index contributed by atoms with van der Waals surface area (Å²) in [6.45, 7) is 2.31. The van der Waals surface area contributed by atoms with Crippen LogP contribution < -0.4 is 14.8 Å². The molecule has 2 heterocycles. The van der Waals surface area contributed by atoms with Crippen LogP contribution in [0, 0.1) is 6.92 Å². The number of nitrogens with one attached hydrogen (secondary N) is 1. The van der Waals surface area contributed by atoms with E-state index in [2.05, 4.69) is 5.32 Å². The van der Waals surface area contributed by atoms with Crippen molar-refractivity contribution < 1.29 is 33.4 Å². The minimum Gasteiger partial charge on any atom is -0.490 e. The first-order valence-corrected chi connectivity index (χ1v) is 10.2. The molecule has 4 rings (SSSR count). The Morgan fingerprint density at radius 2 is 1.75 bits per heavy atom. The summed E-state index contributed by atoms with van der Waals surface area (Å²) in [6, 6.07) is 10.0. The smallest absolute Gasteiger partial charge is 0.308 e. The van der Waals surface area contributed by atoms with Gasteiger partial charge in [0.2, 0.25) is 0 Å². The molecule has 2 aliphatic rings. The average Bonchev–Trinajstić information content (AvgIpc) is 2.92. The number of carbonyl (C=O) groups excluding carboxylic acids is 4. The van der Waals surface area contributed by atoms with Crippen LogP contribution in [0.3, 0.4) is 0 Å². The molecular formula is C23H22N2O7. The van der Waals surface area contributed by atoms with E-state index in [1.807, 2.05) is 6.92 Å². The van der Waals surface area contributed by atoms with Gasteiger partial charge in [0.25, 0.3) is 17.7 Å². The van der Waals surface area contributed by atoms with E-state index in [1.165, 1.54) is 0 Å². The molecule has 9 nitrogen and oxygen atoms in total. The van der Waals surface area contributed by atoms with Crippen LogP contribution in [0.15, 0.2) is 36.4 Å². The lowest BCUT2D eigenvalue weighted by atomic mass is 10.1. The molecule has 2 aromatic rings. The highest BCUT2D eigenvalue weighted by molar-refractivity contribution is 6.21. The zero-order valence-corrected chi connectivity index (χ0v) is 17.5. The average molecular weight is 438 g/mol. The number of imide groups is 1. The summed E-state index contributed by atoms with van der Waals surface area (Å²) in [5, 5.41) is 2.63. The van der Waals surface area contributed by atoms with Gasteiger partial charge in [-0.05, 0) is 31.2 Å². The number of benzene rings is 2. The number of aryl methyl sites for hydroxylation is 1. The standard InChI is InChI=1S/C23H22N2O7/c1-14-3-5-16-17(11-14)23(29)25(22(16)28)8-7-21(27)32-13-20(26)24-15-4-6-18-19(12-15)31-10-2-9-30-18/h3-6,11-12H,2,7-10,13H2,1H3,(H,24,26). The zero-order valence-electron chi connectivity index (χ0n) is 17.5. The lowest BCUT2D eigenvalue weighted by Gasteiger charge is -2.13. The van der Waals surface area contributed by atoms with E-state index in [0.717, 1.165) is 16.9 Å². The fourth-order valence-electron chi connectivity index (χ4n) is 3.47. The minimum absolute atomic E-state index is 0.117. The summed E-state index contributed by atoms with van der Waals surface area (Å²) in [5.41, 5.74) is 2.00.